The summed E-state index contributed by atoms with van der Waals surface area (Å²) in [6, 6.07) is 11.5. The topological polar surface area (TPSA) is 68.0 Å². The van der Waals surface area contributed by atoms with Crippen molar-refractivity contribution in [1.82, 2.24) is 10.2 Å². The average molecular weight is 347 g/mol. The van der Waals surface area contributed by atoms with Crippen LogP contribution in [0.2, 0.25) is 0 Å². The third-order valence-electron chi connectivity index (χ3n) is 2.97. The van der Waals surface area contributed by atoms with Gasteiger partial charge in [0.1, 0.15) is 11.6 Å². The van der Waals surface area contributed by atoms with Gasteiger partial charge < -0.3 is 9.73 Å². The van der Waals surface area contributed by atoms with Gasteiger partial charge in [0.2, 0.25) is 11.8 Å². The van der Waals surface area contributed by atoms with Crippen LogP contribution in [0.4, 0.5) is 14.5 Å². The van der Waals surface area contributed by atoms with Crippen LogP contribution in [0.15, 0.2) is 58.2 Å². The summed E-state index contributed by atoms with van der Waals surface area (Å²) < 4.78 is 31.7. The van der Waals surface area contributed by atoms with Crippen LogP contribution >= 0.6 is 11.8 Å². The number of benzene rings is 2. The Bertz CT molecular complexity index is 853. The van der Waals surface area contributed by atoms with Crippen LogP contribution in [0, 0.1) is 11.6 Å². The van der Waals surface area contributed by atoms with E-state index in [4.69, 9.17) is 4.42 Å². The molecule has 1 N–H and O–H groups in total. The van der Waals surface area contributed by atoms with Crippen LogP contribution in [0.1, 0.15) is 0 Å². The van der Waals surface area contributed by atoms with E-state index in [1.165, 1.54) is 42.5 Å². The molecular weight excluding hydrogens is 336 g/mol. The average Bonchev–Trinajstić information content (AvgIpc) is 3.05. The van der Waals surface area contributed by atoms with E-state index in [2.05, 4.69) is 15.5 Å². The largest absolute Gasteiger partial charge is 0.411 e. The number of hydrogen-bond donors (Lipinski definition) is 1. The minimum absolute atomic E-state index is 0.0145. The molecule has 0 aliphatic carbocycles. The zero-order valence-corrected chi connectivity index (χ0v) is 13.0. The number of amides is 1. The lowest BCUT2D eigenvalue weighted by Crippen LogP contribution is -2.14. The molecule has 0 fully saturated rings. The van der Waals surface area contributed by atoms with Crippen molar-refractivity contribution in [2.45, 2.75) is 5.22 Å². The molecule has 0 saturated carbocycles. The lowest BCUT2D eigenvalue weighted by atomic mass is 10.2. The van der Waals surface area contributed by atoms with E-state index in [0.29, 0.717) is 5.56 Å². The van der Waals surface area contributed by atoms with Gasteiger partial charge in [0.05, 0.1) is 11.4 Å². The fourth-order valence-corrected chi connectivity index (χ4v) is 2.42. The summed E-state index contributed by atoms with van der Waals surface area (Å²) in [5.74, 6) is -1.05. The Hall–Kier alpha value is -2.74. The van der Waals surface area contributed by atoms with Gasteiger partial charge in [-0.25, -0.2) is 8.78 Å². The molecule has 122 valence electrons. The number of halogens is 2. The zero-order valence-electron chi connectivity index (χ0n) is 12.2. The van der Waals surface area contributed by atoms with Gasteiger partial charge in [-0.3, -0.25) is 4.79 Å². The Morgan fingerprint density at radius 1 is 1.08 bits per heavy atom. The van der Waals surface area contributed by atoms with Crippen molar-refractivity contribution in [1.29, 1.82) is 0 Å². The van der Waals surface area contributed by atoms with Gasteiger partial charge in [-0.2, -0.15) is 0 Å². The molecule has 0 aliphatic rings. The number of nitrogens with one attached hydrogen (secondary N) is 1. The Balaban J connectivity index is 1.58. The number of hydrogen-bond acceptors (Lipinski definition) is 5. The highest BCUT2D eigenvalue weighted by molar-refractivity contribution is 7.99. The Morgan fingerprint density at radius 2 is 1.83 bits per heavy atom. The molecule has 0 aliphatic heterocycles. The van der Waals surface area contributed by atoms with E-state index in [1.807, 2.05) is 0 Å². The van der Waals surface area contributed by atoms with Crippen molar-refractivity contribution in [2.75, 3.05) is 11.1 Å². The van der Waals surface area contributed by atoms with Crippen LogP contribution in [0.5, 0.6) is 0 Å². The molecule has 3 aromatic rings. The fourth-order valence-electron chi connectivity index (χ4n) is 1.85. The van der Waals surface area contributed by atoms with E-state index in [-0.39, 0.29) is 28.4 Å². The van der Waals surface area contributed by atoms with Crippen LogP contribution in [0.3, 0.4) is 0 Å². The summed E-state index contributed by atoms with van der Waals surface area (Å²) in [6.45, 7) is 0. The van der Waals surface area contributed by atoms with Gasteiger partial charge in [0.25, 0.3) is 5.22 Å². The lowest BCUT2D eigenvalue weighted by molar-refractivity contribution is -0.113. The fraction of sp³-hybridized carbons (Fsp3) is 0.0625. The van der Waals surface area contributed by atoms with Crippen molar-refractivity contribution in [3.8, 4) is 11.5 Å². The molecule has 0 spiro atoms. The van der Waals surface area contributed by atoms with Gasteiger partial charge in [0.15, 0.2) is 0 Å². The summed E-state index contributed by atoms with van der Waals surface area (Å²) in [5.41, 5.74) is 0.687. The number of para-hydroxylation sites is 1. The maximum atomic E-state index is 13.4. The van der Waals surface area contributed by atoms with Crippen LogP contribution in [-0.4, -0.2) is 21.9 Å². The van der Waals surface area contributed by atoms with Crippen molar-refractivity contribution in [3.63, 3.8) is 0 Å². The summed E-state index contributed by atoms with van der Waals surface area (Å²) in [6.07, 6.45) is 0. The summed E-state index contributed by atoms with van der Waals surface area (Å²) in [4.78, 5) is 11.8. The number of rotatable bonds is 5. The van der Waals surface area contributed by atoms with Gasteiger partial charge in [-0.15, -0.1) is 10.2 Å². The summed E-state index contributed by atoms with van der Waals surface area (Å²) in [7, 11) is 0. The standard InChI is InChI=1S/C16H11F2N3O2S/c17-11-7-5-10(6-8-11)15-20-21-16(23-15)24-9-14(22)19-13-4-2-1-3-12(13)18/h1-8H,9H2,(H,19,22). The second-order valence-corrected chi connectivity index (χ2v) is 5.62. The van der Waals surface area contributed by atoms with Gasteiger partial charge >= 0.3 is 0 Å². The molecule has 1 heterocycles. The van der Waals surface area contributed by atoms with Crippen molar-refractivity contribution in [2.24, 2.45) is 0 Å². The van der Waals surface area contributed by atoms with E-state index < -0.39 is 11.7 Å². The number of thioether (sulfide) groups is 1. The molecule has 0 unspecified atom stereocenters. The molecule has 5 nitrogen and oxygen atoms in total. The highest BCUT2D eigenvalue weighted by atomic mass is 32.2. The Kier molecular flexibility index (Phi) is 4.85. The molecule has 8 heteroatoms. The highest BCUT2D eigenvalue weighted by Crippen LogP contribution is 2.23. The second-order valence-electron chi connectivity index (χ2n) is 4.70. The smallest absolute Gasteiger partial charge is 0.277 e. The molecule has 3 rings (SSSR count). The van der Waals surface area contributed by atoms with Crippen molar-refractivity contribution >= 4 is 23.4 Å². The number of carbonyl (C=O) groups is 1. The van der Waals surface area contributed by atoms with Crippen molar-refractivity contribution < 1.29 is 18.0 Å². The number of aromatic nitrogens is 2. The number of carbonyl (C=O) groups excluding carboxylic acids is 1. The minimum Gasteiger partial charge on any atom is -0.411 e. The molecular formula is C16H11F2N3O2S. The molecule has 2 aromatic carbocycles. The first-order valence-electron chi connectivity index (χ1n) is 6.88. The lowest BCUT2D eigenvalue weighted by Gasteiger charge is -2.04. The molecule has 1 aromatic heterocycles. The number of anilines is 1. The number of nitrogens with zero attached hydrogens (tertiary/aromatic N) is 2. The van der Waals surface area contributed by atoms with E-state index in [0.717, 1.165) is 11.8 Å². The molecule has 24 heavy (non-hydrogen) atoms. The molecule has 0 atom stereocenters. The third-order valence-corrected chi connectivity index (χ3v) is 3.79. The van der Waals surface area contributed by atoms with E-state index in [9.17, 15) is 13.6 Å². The van der Waals surface area contributed by atoms with Crippen LogP contribution in [0.25, 0.3) is 11.5 Å². The predicted molar refractivity (Wildman–Crippen MR) is 85.4 cm³/mol. The van der Waals surface area contributed by atoms with Crippen molar-refractivity contribution in [3.05, 3.63) is 60.2 Å². The third kappa shape index (κ3) is 3.96. The highest BCUT2D eigenvalue weighted by Gasteiger charge is 2.12. The summed E-state index contributed by atoms with van der Waals surface area (Å²) >= 11 is 1.02. The maximum absolute atomic E-state index is 13.4. The minimum atomic E-state index is -0.507. The zero-order chi connectivity index (χ0) is 16.9. The molecule has 1 amide bonds. The van der Waals surface area contributed by atoms with Crippen LogP contribution < -0.4 is 5.32 Å². The Labute approximate surface area is 140 Å². The van der Waals surface area contributed by atoms with Gasteiger partial charge in [-0.1, -0.05) is 23.9 Å². The monoisotopic (exact) mass is 347 g/mol. The maximum Gasteiger partial charge on any atom is 0.277 e. The van der Waals surface area contributed by atoms with Gasteiger partial charge in [0, 0.05) is 5.56 Å². The first-order chi connectivity index (χ1) is 11.6. The van der Waals surface area contributed by atoms with E-state index in [1.54, 1.807) is 6.07 Å². The molecule has 0 radical (unpaired) electrons. The SMILES string of the molecule is O=C(CSc1nnc(-c2ccc(F)cc2)o1)Nc1ccccc1F. The normalized spacial score (nSPS) is 10.6. The molecule has 0 saturated heterocycles. The Morgan fingerprint density at radius 3 is 2.58 bits per heavy atom. The van der Waals surface area contributed by atoms with Crippen LogP contribution in [-0.2, 0) is 4.79 Å². The first kappa shape index (κ1) is 16.1. The van der Waals surface area contributed by atoms with Gasteiger partial charge in [-0.05, 0) is 36.4 Å². The quantitative estimate of drug-likeness (QED) is 0.712. The predicted octanol–water partition coefficient (Wildman–Crippen LogP) is 3.75. The van der Waals surface area contributed by atoms with E-state index >= 15 is 0 Å². The second kappa shape index (κ2) is 7.22. The molecule has 0 bridgehead atoms. The first-order valence-corrected chi connectivity index (χ1v) is 7.87. The summed E-state index contributed by atoms with van der Waals surface area (Å²) in [5, 5.41) is 10.3.